The molecule has 0 bridgehead atoms. The van der Waals surface area contributed by atoms with Gasteiger partial charge in [0.15, 0.2) is 9.84 Å². The summed E-state index contributed by atoms with van der Waals surface area (Å²) in [5, 5.41) is 0.679. The van der Waals surface area contributed by atoms with Crippen molar-refractivity contribution in [1.29, 1.82) is 0 Å². The van der Waals surface area contributed by atoms with E-state index in [-0.39, 0.29) is 22.7 Å². The van der Waals surface area contributed by atoms with Gasteiger partial charge >= 0.3 is 0 Å². The zero-order valence-electron chi connectivity index (χ0n) is 9.28. The first-order chi connectivity index (χ1) is 7.18. The van der Waals surface area contributed by atoms with Crippen molar-refractivity contribution in [2.45, 2.75) is 19.3 Å². The summed E-state index contributed by atoms with van der Waals surface area (Å²) in [4.78, 5) is 0. The lowest BCUT2D eigenvalue weighted by Gasteiger charge is -2.40. The summed E-state index contributed by atoms with van der Waals surface area (Å²) in [6, 6.07) is 0. The van der Waals surface area contributed by atoms with E-state index < -0.39 is 19.7 Å². The van der Waals surface area contributed by atoms with Gasteiger partial charge in [-0.2, -0.15) is 0 Å². The molecule has 0 aliphatic heterocycles. The third-order valence-electron chi connectivity index (χ3n) is 2.99. The maximum atomic E-state index is 11.8. The summed E-state index contributed by atoms with van der Waals surface area (Å²) in [6.07, 6.45) is 3.95. The molecule has 0 radical (unpaired) electrons. The molecule has 0 aromatic carbocycles. The number of hydrogen-bond acceptors (Lipinski definition) is 4. The molecule has 0 atom stereocenters. The first-order valence-corrected chi connectivity index (χ1v) is 10.1. The van der Waals surface area contributed by atoms with Gasteiger partial charge in [-0.05, 0) is 18.3 Å². The average molecular weight is 333 g/mol. The maximum absolute atomic E-state index is 11.8. The van der Waals surface area contributed by atoms with Gasteiger partial charge in [-0.15, -0.1) is 0 Å². The number of halogens is 1. The molecule has 0 unspecified atom stereocenters. The van der Waals surface area contributed by atoms with E-state index in [1.807, 2.05) is 0 Å². The van der Waals surface area contributed by atoms with E-state index in [2.05, 4.69) is 15.9 Å². The SMILES string of the molecule is CS(=O)(=O)CCS(=O)(=O)CC1(CBr)CCC1. The Bertz CT molecular complexity index is 429. The van der Waals surface area contributed by atoms with Gasteiger partial charge in [0.1, 0.15) is 9.84 Å². The Labute approximate surface area is 106 Å². The number of sulfone groups is 2. The van der Waals surface area contributed by atoms with E-state index >= 15 is 0 Å². The van der Waals surface area contributed by atoms with Crippen LogP contribution in [0.4, 0.5) is 0 Å². The van der Waals surface area contributed by atoms with Crippen molar-refractivity contribution in [2.75, 3.05) is 28.8 Å². The van der Waals surface area contributed by atoms with Crippen molar-refractivity contribution < 1.29 is 16.8 Å². The van der Waals surface area contributed by atoms with Crippen LogP contribution in [0.2, 0.25) is 0 Å². The van der Waals surface area contributed by atoms with Gasteiger partial charge in [-0.1, -0.05) is 22.4 Å². The molecule has 0 aromatic rings. The van der Waals surface area contributed by atoms with E-state index in [0.29, 0.717) is 5.33 Å². The van der Waals surface area contributed by atoms with E-state index in [1.54, 1.807) is 0 Å². The van der Waals surface area contributed by atoms with Crippen LogP contribution in [-0.2, 0) is 19.7 Å². The fourth-order valence-corrected chi connectivity index (χ4v) is 6.53. The summed E-state index contributed by atoms with van der Waals surface area (Å²) in [7, 11) is -6.45. The topological polar surface area (TPSA) is 68.3 Å². The van der Waals surface area contributed by atoms with Crippen LogP contribution in [0.5, 0.6) is 0 Å². The van der Waals surface area contributed by atoms with Crippen LogP contribution in [0.15, 0.2) is 0 Å². The Kier molecular flexibility index (Phi) is 4.46. The molecule has 16 heavy (non-hydrogen) atoms. The van der Waals surface area contributed by atoms with Crippen LogP contribution >= 0.6 is 15.9 Å². The summed E-state index contributed by atoms with van der Waals surface area (Å²) in [6.45, 7) is 0. The van der Waals surface area contributed by atoms with Gasteiger partial charge in [0.25, 0.3) is 0 Å². The Morgan fingerprint density at radius 1 is 1.12 bits per heavy atom. The molecule has 0 aromatic heterocycles. The van der Waals surface area contributed by atoms with E-state index in [0.717, 1.165) is 25.5 Å². The Morgan fingerprint density at radius 2 is 1.69 bits per heavy atom. The van der Waals surface area contributed by atoms with Gasteiger partial charge in [0, 0.05) is 11.6 Å². The largest absolute Gasteiger partial charge is 0.229 e. The third kappa shape index (κ3) is 4.33. The second-order valence-electron chi connectivity index (χ2n) is 4.71. The van der Waals surface area contributed by atoms with E-state index in [1.165, 1.54) is 0 Å². The second kappa shape index (κ2) is 4.94. The number of rotatable bonds is 6. The van der Waals surface area contributed by atoms with Crippen LogP contribution < -0.4 is 0 Å². The molecule has 1 aliphatic rings. The lowest BCUT2D eigenvalue weighted by molar-refractivity contribution is 0.203. The van der Waals surface area contributed by atoms with Crippen LogP contribution in [0.1, 0.15) is 19.3 Å². The molecule has 96 valence electrons. The highest BCUT2D eigenvalue weighted by Crippen LogP contribution is 2.43. The molecule has 0 amide bonds. The molecule has 0 heterocycles. The first-order valence-electron chi connectivity index (χ1n) is 5.12. The normalized spacial score (nSPS) is 20.4. The molecule has 1 rings (SSSR count). The minimum atomic E-state index is -3.25. The van der Waals surface area contributed by atoms with Gasteiger partial charge in [0.05, 0.1) is 17.3 Å². The highest BCUT2D eigenvalue weighted by molar-refractivity contribution is 9.09. The van der Waals surface area contributed by atoms with Gasteiger partial charge < -0.3 is 0 Å². The highest BCUT2D eigenvalue weighted by atomic mass is 79.9. The lowest BCUT2D eigenvalue weighted by atomic mass is 9.72. The average Bonchev–Trinajstić information content (AvgIpc) is 2.08. The highest BCUT2D eigenvalue weighted by Gasteiger charge is 2.39. The Hall–Kier alpha value is 0.380. The molecule has 1 fully saturated rings. The van der Waals surface area contributed by atoms with Gasteiger partial charge in [0.2, 0.25) is 0 Å². The summed E-state index contributed by atoms with van der Waals surface area (Å²) in [5.41, 5.74) is -0.143. The summed E-state index contributed by atoms with van der Waals surface area (Å²) < 4.78 is 45.4. The summed E-state index contributed by atoms with van der Waals surface area (Å²) >= 11 is 3.34. The van der Waals surface area contributed by atoms with E-state index in [4.69, 9.17) is 0 Å². The van der Waals surface area contributed by atoms with Crippen molar-refractivity contribution in [3.8, 4) is 0 Å². The van der Waals surface area contributed by atoms with Crippen molar-refractivity contribution in [3.05, 3.63) is 0 Å². The zero-order chi connectivity index (χ0) is 12.4. The summed E-state index contributed by atoms with van der Waals surface area (Å²) in [5.74, 6) is -0.408. The van der Waals surface area contributed by atoms with Crippen LogP contribution in [0.3, 0.4) is 0 Å². The minimum Gasteiger partial charge on any atom is -0.229 e. The van der Waals surface area contributed by atoms with Crippen molar-refractivity contribution in [3.63, 3.8) is 0 Å². The smallest absolute Gasteiger partial charge is 0.151 e. The molecule has 4 nitrogen and oxygen atoms in total. The van der Waals surface area contributed by atoms with Gasteiger partial charge in [-0.25, -0.2) is 16.8 Å². The minimum absolute atomic E-state index is 0.112. The van der Waals surface area contributed by atoms with Crippen LogP contribution in [-0.4, -0.2) is 45.7 Å². The fraction of sp³-hybridized carbons (Fsp3) is 1.00. The first kappa shape index (κ1) is 14.4. The van der Waals surface area contributed by atoms with Crippen molar-refractivity contribution in [1.82, 2.24) is 0 Å². The van der Waals surface area contributed by atoms with E-state index in [9.17, 15) is 16.8 Å². The van der Waals surface area contributed by atoms with Crippen molar-refractivity contribution in [2.24, 2.45) is 5.41 Å². The molecule has 0 N–H and O–H groups in total. The fourth-order valence-electron chi connectivity index (χ4n) is 1.81. The molecule has 1 saturated carbocycles. The van der Waals surface area contributed by atoms with Crippen molar-refractivity contribution >= 4 is 35.6 Å². The molecule has 0 spiro atoms. The van der Waals surface area contributed by atoms with Gasteiger partial charge in [-0.3, -0.25) is 0 Å². The predicted octanol–water partition coefficient (Wildman–Crippen LogP) is 1.01. The monoisotopic (exact) mass is 332 g/mol. The Balaban J connectivity index is 2.58. The molecule has 7 heteroatoms. The predicted molar refractivity (Wildman–Crippen MR) is 68.4 cm³/mol. The molecule has 0 saturated heterocycles. The molecular formula is C9H17BrO4S2. The Morgan fingerprint density at radius 3 is 2.00 bits per heavy atom. The van der Waals surface area contributed by atoms with Crippen LogP contribution in [0, 0.1) is 5.41 Å². The molecule has 1 aliphatic carbocycles. The third-order valence-corrected chi connectivity index (χ3v) is 7.26. The quantitative estimate of drug-likeness (QED) is 0.681. The lowest BCUT2D eigenvalue weighted by Crippen LogP contribution is -2.39. The second-order valence-corrected chi connectivity index (χ2v) is 9.71. The standard InChI is InChI=1S/C9H17BrO4S2/c1-15(11,12)5-6-16(13,14)8-9(7-10)3-2-4-9/h2-8H2,1H3. The maximum Gasteiger partial charge on any atom is 0.151 e. The number of alkyl halides is 1. The molecular weight excluding hydrogens is 316 g/mol. The van der Waals surface area contributed by atoms with Crippen LogP contribution in [0.25, 0.3) is 0 Å². The number of hydrogen-bond donors (Lipinski definition) is 0. The zero-order valence-corrected chi connectivity index (χ0v) is 12.5.